The standard InChI is InChI=1S/C40H27N5/c1-4-12-28(13-5-1)39-41-42-40(29-14-6-2-7-15-29)45(39)32-22-20-30(21-23-32)43-27-26-34-35(43)24-25-37-38(34)33-18-10-11-19-36(33)44(37)31-16-8-3-9-17-31/h1-27H. The van der Waals surface area contributed by atoms with Crippen LogP contribution in [0.1, 0.15) is 0 Å². The molecule has 0 aliphatic heterocycles. The van der Waals surface area contributed by atoms with Crippen LogP contribution in [0.5, 0.6) is 0 Å². The Hall–Kier alpha value is -6.20. The minimum Gasteiger partial charge on any atom is -0.317 e. The van der Waals surface area contributed by atoms with Crippen LogP contribution in [-0.2, 0) is 0 Å². The predicted octanol–water partition coefficient (Wildman–Crippen LogP) is 9.64. The van der Waals surface area contributed by atoms with Gasteiger partial charge in [-0.25, -0.2) is 0 Å². The van der Waals surface area contributed by atoms with Crippen LogP contribution in [0.15, 0.2) is 164 Å². The highest BCUT2D eigenvalue weighted by atomic mass is 15.3. The number of para-hydroxylation sites is 2. The van der Waals surface area contributed by atoms with Gasteiger partial charge in [0.25, 0.3) is 0 Å². The van der Waals surface area contributed by atoms with E-state index in [4.69, 9.17) is 0 Å². The van der Waals surface area contributed by atoms with Crippen LogP contribution in [0, 0.1) is 0 Å². The van der Waals surface area contributed by atoms with Crippen molar-refractivity contribution >= 4 is 32.7 Å². The summed E-state index contributed by atoms with van der Waals surface area (Å²) in [4.78, 5) is 0. The third kappa shape index (κ3) is 4.02. The molecule has 212 valence electrons. The van der Waals surface area contributed by atoms with E-state index >= 15 is 0 Å². The highest BCUT2D eigenvalue weighted by molar-refractivity contribution is 6.21. The zero-order valence-electron chi connectivity index (χ0n) is 24.3. The molecular weight excluding hydrogens is 550 g/mol. The van der Waals surface area contributed by atoms with E-state index in [-0.39, 0.29) is 0 Å². The summed E-state index contributed by atoms with van der Waals surface area (Å²) in [5.74, 6) is 1.62. The van der Waals surface area contributed by atoms with E-state index in [9.17, 15) is 0 Å². The van der Waals surface area contributed by atoms with E-state index < -0.39 is 0 Å². The van der Waals surface area contributed by atoms with Gasteiger partial charge in [0.2, 0.25) is 0 Å². The van der Waals surface area contributed by atoms with Crippen LogP contribution in [0.2, 0.25) is 0 Å². The minimum atomic E-state index is 0.811. The molecule has 3 aromatic heterocycles. The molecule has 5 heteroatoms. The Morgan fingerprint density at radius 3 is 1.53 bits per heavy atom. The lowest BCUT2D eigenvalue weighted by Crippen LogP contribution is -2.01. The Bertz CT molecular complexity index is 2390. The largest absolute Gasteiger partial charge is 0.317 e. The number of rotatable bonds is 5. The van der Waals surface area contributed by atoms with Gasteiger partial charge in [0.05, 0.1) is 16.6 Å². The molecule has 0 saturated heterocycles. The first-order valence-corrected chi connectivity index (χ1v) is 15.1. The highest BCUT2D eigenvalue weighted by Crippen LogP contribution is 2.38. The smallest absolute Gasteiger partial charge is 0.168 e. The Kier molecular flexibility index (Phi) is 5.74. The minimum absolute atomic E-state index is 0.811. The van der Waals surface area contributed by atoms with Gasteiger partial charge in [-0.2, -0.15) is 0 Å². The first-order chi connectivity index (χ1) is 22.3. The fourth-order valence-electron chi connectivity index (χ4n) is 6.60. The number of hydrogen-bond donors (Lipinski definition) is 0. The van der Waals surface area contributed by atoms with Crippen molar-refractivity contribution in [2.24, 2.45) is 0 Å². The highest BCUT2D eigenvalue weighted by Gasteiger charge is 2.19. The van der Waals surface area contributed by atoms with Crippen LogP contribution in [-0.4, -0.2) is 23.9 Å². The van der Waals surface area contributed by atoms with E-state index in [1.54, 1.807) is 0 Å². The predicted molar refractivity (Wildman–Crippen MR) is 183 cm³/mol. The second-order valence-electron chi connectivity index (χ2n) is 11.2. The fraction of sp³-hybridized carbons (Fsp3) is 0. The van der Waals surface area contributed by atoms with E-state index in [0.29, 0.717) is 0 Å². The van der Waals surface area contributed by atoms with Crippen LogP contribution in [0.3, 0.4) is 0 Å². The van der Waals surface area contributed by atoms with E-state index in [0.717, 1.165) is 39.8 Å². The maximum absolute atomic E-state index is 4.64. The topological polar surface area (TPSA) is 40.6 Å². The molecule has 0 aliphatic rings. The zero-order valence-corrected chi connectivity index (χ0v) is 24.3. The summed E-state index contributed by atoms with van der Waals surface area (Å²) in [7, 11) is 0. The SMILES string of the molecule is c1ccc(-c2nnc(-c3ccccc3)n2-c2ccc(-n3ccc4c5c6ccccc6n(-c6ccccc6)c5ccc43)cc2)cc1. The summed E-state index contributed by atoms with van der Waals surface area (Å²) in [6.07, 6.45) is 2.18. The number of fused-ring (bicyclic) bond motifs is 5. The summed E-state index contributed by atoms with van der Waals surface area (Å²) >= 11 is 0. The molecule has 0 spiro atoms. The lowest BCUT2D eigenvalue weighted by Gasteiger charge is -2.13. The van der Waals surface area contributed by atoms with Crippen LogP contribution >= 0.6 is 0 Å². The molecule has 0 atom stereocenters. The van der Waals surface area contributed by atoms with Crippen molar-refractivity contribution in [3.63, 3.8) is 0 Å². The number of benzene rings is 6. The van der Waals surface area contributed by atoms with Gasteiger partial charge in [0.15, 0.2) is 11.6 Å². The monoisotopic (exact) mass is 577 g/mol. The molecule has 0 saturated carbocycles. The number of aromatic nitrogens is 5. The average molecular weight is 578 g/mol. The summed E-state index contributed by atoms with van der Waals surface area (Å²) < 4.78 is 6.78. The van der Waals surface area contributed by atoms with Crippen LogP contribution < -0.4 is 0 Å². The molecule has 0 N–H and O–H groups in total. The number of hydrogen-bond acceptors (Lipinski definition) is 2. The molecular formula is C40H27N5. The molecule has 0 fully saturated rings. The fourth-order valence-corrected chi connectivity index (χ4v) is 6.60. The van der Waals surface area contributed by atoms with Crippen LogP contribution in [0.4, 0.5) is 0 Å². The number of nitrogens with zero attached hydrogens (tertiary/aromatic N) is 5. The quantitative estimate of drug-likeness (QED) is 0.204. The molecule has 3 heterocycles. The third-order valence-electron chi connectivity index (χ3n) is 8.63. The maximum Gasteiger partial charge on any atom is 0.168 e. The Morgan fingerprint density at radius 2 is 0.867 bits per heavy atom. The first kappa shape index (κ1) is 25.3. The van der Waals surface area contributed by atoms with Gasteiger partial charge in [-0.05, 0) is 60.7 Å². The van der Waals surface area contributed by atoms with Crippen molar-refractivity contribution in [2.75, 3.05) is 0 Å². The molecule has 0 aliphatic carbocycles. The van der Waals surface area contributed by atoms with Gasteiger partial charge in [0, 0.05) is 50.5 Å². The Morgan fingerprint density at radius 1 is 0.356 bits per heavy atom. The molecule has 0 amide bonds. The Labute approximate surface area is 259 Å². The summed E-state index contributed by atoms with van der Waals surface area (Å²) in [5.41, 5.74) is 8.89. The summed E-state index contributed by atoms with van der Waals surface area (Å²) in [5, 5.41) is 13.0. The molecule has 0 unspecified atom stereocenters. The molecule has 9 aromatic rings. The molecule has 5 nitrogen and oxygen atoms in total. The molecule has 45 heavy (non-hydrogen) atoms. The third-order valence-corrected chi connectivity index (χ3v) is 8.63. The van der Waals surface area contributed by atoms with Crippen LogP contribution in [0.25, 0.3) is 72.5 Å². The lowest BCUT2D eigenvalue weighted by molar-refractivity contribution is 1.06. The van der Waals surface area contributed by atoms with Gasteiger partial charge in [0.1, 0.15) is 0 Å². The van der Waals surface area contributed by atoms with Gasteiger partial charge in [-0.15, -0.1) is 10.2 Å². The van der Waals surface area contributed by atoms with Gasteiger partial charge in [-0.3, -0.25) is 4.57 Å². The van der Waals surface area contributed by atoms with Gasteiger partial charge >= 0.3 is 0 Å². The molecule has 0 bridgehead atoms. The van der Waals surface area contributed by atoms with Crippen molar-refractivity contribution in [3.8, 4) is 39.8 Å². The van der Waals surface area contributed by atoms with Crippen molar-refractivity contribution in [2.45, 2.75) is 0 Å². The normalized spacial score (nSPS) is 11.6. The second kappa shape index (κ2) is 10.2. The van der Waals surface area contributed by atoms with Gasteiger partial charge < -0.3 is 9.13 Å². The van der Waals surface area contributed by atoms with Crippen molar-refractivity contribution < 1.29 is 0 Å². The lowest BCUT2D eigenvalue weighted by atomic mass is 10.1. The van der Waals surface area contributed by atoms with Crippen molar-refractivity contribution in [3.05, 3.63) is 164 Å². The Balaban J connectivity index is 1.19. The zero-order chi connectivity index (χ0) is 29.7. The molecule has 6 aromatic carbocycles. The van der Waals surface area contributed by atoms with Gasteiger partial charge in [-0.1, -0.05) is 97.1 Å². The van der Waals surface area contributed by atoms with E-state index in [2.05, 4.69) is 151 Å². The second-order valence-corrected chi connectivity index (χ2v) is 11.2. The average Bonchev–Trinajstić information content (AvgIpc) is 3.83. The first-order valence-electron chi connectivity index (χ1n) is 15.1. The van der Waals surface area contributed by atoms with Crippen molar-refractivity contribution in [1.82, 2.24) is 23.9 Å². The summed E-state index contributed by atoms with van der Waals surface area (Å²) in [6, 6.07) is 55.2. The summed E-state index contributed by atoms with van der Waals surface area (Å²) in [6.45, 7) is 0. The molecule has 0 radical (unpaired) electrons. The molecule has 9 rings (SSSR count). The van der Waals surface area contributed by atoms with E-state index in [1.165, 1.54) is 32.7 Å². The van der Waals surface area contributed by atoms with E-state index in [1.807, 2.05) is 36.4 Å². The maximum atomic E-state index is 4.64. The van der Waals surface area contributed by atoms with Crippen molar-refractivity contribution in [1.29, 1.82) is 0 Å².